The fourth-order valence-corrected chi connectivity index (χ4v) is 5.08. The van der Waals surface area contributed by atoms with Gasteiger partial charge in [-0.1, -0.05) is 11.6 Å². The number of halogens is 3. The van der Waals surface area contributed by atoms with Crippen molar-refractivity contribution in [3.05, 3.63) is 41.3 Å². The number of anilines is 1. The van der Waals surface area contributed by atoms with Gasteiger partial charge in [0.2, 0.25) is 0 Å². The smallest absolute Gasteiger partial charge is 0.263 e. The van der Waals surface area contributed by atoms with E-state index in [9.17, 15) is 22.0 Å². The molecule has 2 aromatic rings. The summed E-state index contributed by atoms with van der Waals surface area (Å²) in [4.78, 5) is 24.5. The Morgan fingerprint density at radius 1 is 1.06 bits per heavy atom. The summed E-state index contributed by atoms with van der Waals surface area (Å²) in [5.74, 6) is -2.18. The molecule has 2 aliphatic rings. The predicted molar refractivity (Wildman–Crippen MR) is 117 cm³/mol. The van der Waals surface area contributed by atoms with Gasteiger partial charge in [0.25, 0.3) is 5.91 Å². The highest BCUT2D eigenvalue weighted by atomic mass is 35.5. The third-order valence-electron chi connectivity index (χ3n) is 5.91. The molecule has 0 saturated carbocycles. The van der Waals surface area contributed by atoms with Crippen molar-refractivity contribution in [1.29, 1.82) is 0 Å². The molecular weight excluding hydrogens is 478 g/mol. The summed E-state index contributed by atoms with van der Waals surface area (Å²) in [6.45, 7) is 1.93. The first-order valence-corrected chi connectivity index (χ1v) is 12.8. The third kappa shape index (κ3) is 5.19. The molecular formula is C21H23ClF2N4O4S. The molecule has 0 aliphatic carbocycles. The molecule has 33 heavy (non-hydrogen) atoms. The lowest BCUT2D eigenvalue weighted by molar-refractivity contribution is -0.145. The minimum Gasteiger partial charge on any atom is -0.477 e. The largest absolute Gasteiger partial charge is 0.477 e. The number of rotatable bonds is 5. The summed E-state index contributed by atoms with van der Waals surface area (Å²) < 4.78 is 57.3. The van der Waals surface area contributed by atoms with E-state index in [1.54, 1.807) is 11.1 Å². The second-order valence-corrected chi connectivity index (χ2v) is 10.6. The van der Waals surface area contributed by atoms with Crippen LogP contribution in [0.2, 0.25) is 5.15 Å². The number of hydrogen-bond donors (Lipinski definition) is 0. The van der Waals surface area contributed by atoms with Crippen LogP contribution in [0, 0.1) is 11.6 Å². The molecule has 1 aromatic carbocycles. The Labute approximate surface area is 195 Å². The van der Waals surface area contributed by atoms with Gasteiger partial charge in [0.1, 0.15) is 21.7 Å². The molecule has 0 bridgehead atoms. The zero-order chi connectivity index (χ0) is 23.8. The van der Waals surface area contributed by atoms with Crippen LogP contribution < -0.4 is 9.64 Å². The molecule has 1 atom stereocenters. The van der Waals surface area contributed by atoms with Gasteiger partial charge >= 0.3 is 0 Å². The number of sulfone groups is 1. The summed E-state index contributed by atoms with van der Waals surface area (Å²) >= 11 is 5.79. The molecule has 4 rings (SSSR count). The van der Waals surface area contributed by atoms with Gasteiger partial charge in [-0.2, -0.15) is 0 Å². The molecule has 2 fully saturated rings. The topological polar surface area (TPSA) is 92.7 Å². The monoisotopic (exact) mass is 500 g/mol. The highest BCUT2D eigenvalue weighted by Gasteiger charge is 2.36. The number of likely N-dealkylation sites (tertiary alicyclic amines) is 1. The highest BCUT2D eigenvalue weighted by molar-refractivity contribution is 7.90. The van der Waals surface area contributed by atoms with Crippen LogP contribution in [0.25, 0.3) is 0 Å². The number of aromatic nitrogens is 2. The van der Waals surface area contributed by atoms with E-state index in [4.69, 9.17) is 16.3 Å². The molecule has 12 heteroatoms. The van der Waals surface area contributed by atoms with Crippen LogP contribution in [0.1, 0.15) is 25.7 Å². The summed E-state index contributed by atoms with van der Waals surface area (Å²) in [5.41, 5.74) is 0. The second-order valence-electron chi connectivity index (χ2n) is 8.18. The van der Waals surface area contributed by atoms with Crippen LogP contribution in [0.5, 0.6) is 5.75 Å². The van der Waals surface area contributed by atoms with Gasteiger partial charge in [0, 0.05) is 38.0 Å². The Bertz CT molecular complexity index is 1140. The lowest BCUT2D eigenvalue weighted by Gasteiger charge is -2.42. The molecule has 0 N–H and O–H groups in total. The van der Waals surface area contributed by atoms with Crippen molar-refractivity contribution in [2.75, 3.05) is 30.8 Å². The fourth-order valence-electron chi connectivity index (χ4n) is 4.25. The van der Waals surface area contributed by atoms with Crippen molar-refractivity contribution in [1.82, 2.24) is 14.9 Å². The van der Waals surface area contributed by atoms with Crippen molar-refractivity contribution >= 4 is 33.2 Å². The maximum atomic E-state index is 14.4. The first-order chi connectivity index (χ1) is 15.6. The van der Waals surface area contributed by atoms with Gasteiger partial charge in [0.05, 0.1) is 12.4 Å². The summed E-state index contributed by atoms with van der Waals surface area (Å²) in [6, 6.07) is 1.26. The Hall–Kier alpha value is -2.53. The van der Waals surface area contributed by atoms with E-state index in [0.717, 1.165) is 24.9 Å². The number of carbonyl (C=O) groups is 1. The Balaban J connectivity index is 1.42. The normalized spacial score (nSPS) is 20.2. The Morgan fingerprint density at radius 2 is 1.79 bits per heavy atom. The maximum absolute atomic E-state index is 14.4. The van der Waals surface area contributed by atoms with Crippen molar-refractivity contribution < 1.29 is 26.7 Å². The van der Waals surface area contributed by atoms with E-state index >= 15 is 0 Å². The van der Waals surface area contributed by atoms with Gasteiger partial charge in [0.15, 0.2) is 27.5 Å². The average Bonchev–Trinajstić information content (AvgIpc) is 2.77. The predicted octanol–water partition coefficient (Wildman–Crippen LogP) is 2.85. The van der Waals surface area contributed by atoms with E-state index in [1.165, 1.54) is 6.20 Å². The molecule has 1 amide bonds. The molecule has 3 heterocycles. The number of amides is 1. The Morgan fingerprint density at radius 3 is 2.42 bits per heavy atom. The van der Waals surface area contributed by atoms with Gasteiger partial charge in [-0.15, -0.1) is 0 Å². The molecule has 2 aliphatic heterocycles. The lowest BCUT2D eigenvalue weighted by atomic mass is 9.98. The number of benzene rings is 1. The summed E-state index contributed by atoms with van der Waals surface area (Å²) in [5, 5.41) is 0.320. The zero-order valence-electron chi connectivity index (χ0n) is 17.9. The van der Waals surface area contributed by atoms with E-state index in [2.05, 4.69) is 14.9 Å². The van der Waals surface area contributed by atoms with Gasteiger partial charge < -0.3 is 14.5 Å². The quantitative estimate of drug-likeness (QED) is 0.623. The molecule has 1 aromatic heterocycles. The van der Waals surface area contributed by atoms with E-state index in [0.29, 0.717) is 49.8 Å². The molecule has 0 spiro atoms. The van der Waals surface area contributed by atoms with Crippen LogP contribution in [0.4, 0.5) is 14.6 Å². The SMILES string of the molecule is CS(=O)(=O)c1cc(F)c(OC2CCCN(C3CCN(c4cnc(Cl)cn4)CC3)C2=O)cc1F. The van der Waals surface area contributed by atoms with Crippen LogP contribution in [-0.4, -0.2) is 67.2 Å². The van der Waals surface area contributed by atoms with E-state index < -0.39 is 38.2 Å². The van der Waals surface area contributed by atoms with Crippen molar-refractivity contribution in [2.24, 2.45) is 0 Å². The van der Waals surface area contributed by atoms with E-state index in [1.807, 2.05) is 0 Å². The van der Waals surface area contributed by atoms with Gasteiger partial charge in [-0.25, -0.2) is 27.2 Å². The van der Waals surface area contributed by atoms with Crippen LogP contribution in [0.3, 0.4) is 0 Å². The van der Waals surface area contributed by atoms with Gasteiger partial charge in [-0.05, 0) is 31.7 Å². The number of ether oxygens (including phenoxy) is 1. The number of nitrogens with zero attached hydrogens (tertiary/aromatic N) is 4. The van der Waals surface area contributed by atoms with Crippen molar-refractivity contribution in [2.45, 2.75) is 42.7 Å². The Kier molecular flexibility index (Phi) is 6.71. The first-order valence-electron chi connectivity index (χ1n) is 10.5. The van der Waals surface area contributed by atoms with Crippen molar-refractivity contribution in [3.63, 3.8) is 0 Å². The number of hydrogen-bond acceptors (Lipinski definition) is 7. The summed E-state index contributed by atoms with van der Waals surface area (Å²) in [7, 11) is -3.93. The summed E-state index contributed by atoms with van der Waals surface area (Å²) in [6.07, 6.45) is 5.39. The minimum atomic E-state index is -3.93. The molecule has 0 radical (unpaired) electrons. The number of piperidine rings is 2. The molecule has 1 unspecified atom stereocenters. The zero-order valence-corrected chi connectivity index (χ0v) is 19.5. The maximum Gasteiger partial charge on any atom is 0.263 e. The van der Waals surface area contributed by atoms with Gasteiger partial charge in [-0.3, -0.25) is 4.79 Å². The first kappa shape index (κ1) is 23.6. The minimum absolute atomic E-state index is 0.00500. The number of carbonyl (C=O) groups excluding carboxylic acids is 1. The fraction of sp³-hybridized carbons (Fsp3) is 0.476. The van der Waals surface area contributed by atoms with Crippen LogP contribution in [0.15, 0.2) is 29.4 Å². The molecule has 178 valence electrons. The van der Waals surface area contributed by atoms with E-state index in [-0.39, 0.29) is 11.9 Å². The van der Waals surface area contributed by atoms with Crippen LogP contribution in [-0.2, 0) is 14.6 Å². The molecule has 8 nitrogen and oxygen atoms in total. The van der Waals surface area contributed by atoms with Crippen molar-refractivity contribution in [3.8, 4) is 5.75 Å². The van der Waals surface area contributed by atoms with Crippen LogP contribution >= 0.6 is 11.6 Å². The highest BCUT2D eigenvalue weighted by Crippen LogP contribution is 2.29. The third-order valence-corrected chi connectivity index (χ3v) is 7.22. The lowest BCUT2D eigenvalue weighted by Crippen LogP contribution is -2.54. The second kappa shape index (κ2) is 9.38. The molecule has 2 saturated heterocycles. The average molecular weight is 501 g/mol. The standard InChI is InChI=1S/C21H23ClF2N4O4S/c1-33(30,31)18-10-14(23)17(9-15(18)24)32-16-3-2-6-28(21(16)29)13-4-7-27(8-5-13)20-12-25-19(22)11-26-20/h9-13,16H,2-8H2,1H3.